The topological polar surface area (TPSA) is 57.6 Å². The summed E-state index contributed by atoms with van der Waals surface area (Å²) in [4.78, 5) is 2.00. The molecule has 16 heavy (non-hydrogen) atoms. The fourth-order valence-corrected chi connectivity index (χ4v) is 2.88. The van der Waals surface area contributed by atoms with Gasteiger partial charge in [-0.05, 0) is 19.9 Å². The molecule has 1 rings (SSSR count). The van der Waals surface area contributed by atoms with E-state index < -0.39 is 9.84 Å². The van der Waals surface area contributed by atoms with Crippen LogP contribution in [0.5, 0.6) is 0 Å². The Bertz CT molecular complexity index is 302. The largest absolute Gasteiger partial charge is 0.391 e. The first-order valence-electron chi connectivity index (χ1n) is 5.96. The average Bonchev–Trinajstić information content (AvgIpc) is 2.38. The summed E-state index contributed by atoms with van der Waals surface area (Å²) in [6.07, 6.45) is 6.16. The van der Waals surface area contributed by atoms with Crippen molar-refractivity contribution in [3.8, 4) is 0 Å². The van der Waals surface area contributed by atoms with Crippen molar-refractivity contribution in [2.75, 3.05) is 25.6 Å². The Morgan fingerprint density at radius 1 is 1.25 bits per heavy atom. The van der Waals surface area contributed by atoms with Crippen LogP contribution in [0.1, 0.15) is 32.1 Å². The number of aliphatic hydroxyl groups is 1. The van der Waals surface area contributed by atoms with Gasteiger partial charge in [0, 0.05) is 18.8 Å². The van der Waals surface area contributed by atoms with E-state index in [0.29, 0.717) is 6.54 Å². The first-order valence-corrected chi connectivity index (χ1v) is 8.02. The molecule has 2 atom stereocenters. The van der Waals surface area contributed by atoms with Crippen molar-refractivity contribution < 1.29 is 13.5 Å². The second-order valence-corrected chi connectivity index (χ2v) is 7.14. The van der Waals surface area contributed by atoms with E-state index in [2.05, 4.69) is 0 Å². The van der Waals surface area contributed by atoms with E-state index in [9.17, 15) is 13.5 Å². The number of rotatable bonds is 4. The molecule has 5 heteroatoms. The summed E-state index contributed by atoms with van der Waals surface area (Å²) in [5.41, 5.74) is 0. The predicted molar refractivity (Wildman–Crippen MR) is 65.2 cm³/mol. The van der Waals surface area contributed by atoms with E-state index in [4.69, 9.17) is 0 Å². The highest BCUT2D eigenvalue weighted by Crippen LogP contribution is 2.21. The number of aliphatic hydroxyl groups excluding tert-OH is 1. The Kier molecular flexibility index (Phi) is 5.21. The summed E-state index contributed by atoms with van der Waals surface area (Å²) in [6, 6.07) is 0.129. The number of hydrogen-bond acceptors (Lipinski definition) is 4. The van der Waals surface area contributed by atoms with Gasteiger partial charge in [0.15, 0.2) is 0 Å². The molecule has 0 amide bonds. The van der Waals surface area contributed by atoms with Gasteiger partial charge < -0.3 is 5.11 Å². The Morgan fingerprint density at radius 2 is 1.88 bits per heavy atom. The smallest absolute Gasteiger partial charge is 0.148 e. The molecule has 1 aliphatic carbocycles. The number of hydrogen-bond donors (Lipinski definition) is 1. The zero-order valence-corrected chi connectivity index (χ0v) is 11.0. The Balaban J connectivity index is 2.47. The molecule has 0 spiro atoms. The van der Waals surface area contributed by atoms with Crippen LogP contribution in [0.2, 0.25) is 0 Å². The van der Waals surface area contributed by atoms with Crippen LogP contribution in [0.3, 0.4) is 0 Å². The van der Waals surface area contributed by atoms with Crippen molar-refractivity contribution in [1.82, 2.24) is 4.90 Å². The molecule has 96 valence electrons. The van der Waals surface area contributed by atoms with E-state index in [1.807, 2.05) is 11.9 Å². The van der Waals surface area contributed by atoms with E-state index in [1.165, 1.54) is 12.7 Å². The van der Waals surface area contributed by atoms with Crippen LogP contribution in [0.25, 0.3) is 0 Å². The van der Waals surface area contributed by atoms with Gasteiger partial charge in [-0.25, -0.2) is 8.42 Å². The summed E-state index contributed by atoms with van der Waals surface area (Å²) in [5, 5.41) is 9.96. The predicted octanol–water partition coefficient (Wildman–Crippen LogP) is 0.656. The third kappa shape index (κ3) is 4.80. The minimum Gasteiger partial charge on any atom is -0.391 e. The van der Waals surface area contributed by atoms with E-state index in [-0.39, 0.29) is 17.9 Å². The fourth-order valence-electron chi connectivity index (χ4n) is 2.26. The second-order valence-electron chi connectivity index (χ2n) is 4.88. The van der Waals surface area contributed by atoms with E-state index >= 15 is 0 Å². The van der Waals surface area contributed by atoms with Gasteiger partial charge in [-0.3, -0.25) is 4.90 Å². The lowest BCUT2D eigenvalue weighted by Gasteiger charge is -2.30. The molecule has 0 aromatic rings. The molecule has 1 N–H and O–H groups in total. The molecular weight excluding hydrogens is 226 g/mol. The maximum Gasteiger partial charge on any atom is 0.148 e. The maximum absolute atomic E-state index is 11.1. The second kappa shape index (κ2) is 5.98. The highest BCUT2D eigenvalue weighted by atomic mass is 32.2. The highest BCUT2D eigenvalue weighted by molar-refractivity contribution is 7.90. The van der Waals surface area contributed by atoms with Gasteiger partial charge in [-0.15, -0.1) is 0 Å². The lowest BCUT2D eigenvalue weighted by molar-refractivity contribution is 0.0611. The third-order valence-electron chi connectivity index (χ3n) is 3.32. The molecule has 1 aliphatic rings. The van der Waals surface area contributed by atoms with Gasteiger partial charge in [0.2, 0.25) is 0 Å². The molecule has 2 unspecified atom stereocenters. The number of likely N-dealkylation sites (N-methyl/N-ethyl adjacent to an activating group) is 1. The van der Waals surface area contributed by atoms with Gasteiger partial charge in [0.1, 0.15) is 9.84 Å². The van der Waals surface area contributed by atoms with Gasteiger partial charge in [-0.2, -0.15) is 0 Å². The number of nitrogens with zero attached hydrogens (tertiary/aromatic N) is 1. The van der Waals surface area contributed by atoms with Crippen LogP contribution in [-0.2, 0) is 9.84 Å². The van der Waals surface area contributed by atoms with Crippen LogP contribution in [0, 0.1) is 0 Å². The van der Waals surface area contributed by atoms with Crippen molar-refractivity contribution in [2.24, 2.45) is 0 Å². The summed E-state index contributed by atoms with van der Waals surface area (Å²) < 4.78 is 22.2. The molecule has 0 aromatic heterocycles. The SMILES string of the molecule is CN(CCS(C)(=O)=O)C1CCCCCC1O. The molecule has 0 saturated heterocycles. The van der Waals surface area contributed by atoms with Crippen molar-refractivity contribution in [3.05, 3.63) is 0 Å². The van der Waals surface area contributed by atoms with Crippen molar-refractivity contribution in [3.63, 3.8) is 0 Å². The molecule has 1 fully saturated rings. The fraction of sp³-hybridized carbons (Fsp3) is 1.00. The first-order chi connectivity index (χ1) is 7.40. The van der Waals surface area contributed by atoms with Crippen molar-refractivity contribution in [2.45, 2.75) is 44.2 Å². The van der Waals surface area contributed by atoms with Crippen molar-refractivity contribution in [1.29, 1.82) is 0 Å². The van der Waals surface area contributed by atoms with Crippen molar-refractivity contribution >= 4 is 9.84 Å². The lowest BCUT2D eigenvalue weighted by Crippen LogP contribution is -2.42. The molecule has 0 aromatic carbocycles. The standard InChI is InChI=1S/C11H23NO3S/c1-12(8-9-16(2,14)15)10-6-4-3-5-7-11(10)13/h10-11,13H,3-9H2,1-2H3. The quantitative estimate of drug-likeness (QED) is 0.744. The van der Waals surface area contributed by atoms with E-state index in [0.717, 1.165) is 25.7 Å². The van der Waals surface area contributed by atoms with Crippen LogP contribution in [0.4, 0.5) is 0 Å². The minimum atomic E-state index is -2.91. The molecule has 0 heterocycles. The van der Waals surface area contributed by atoms with Crippen LogP contribution < -0.4 is 0 Å². The zero-order chi connectivity index (χ0) is 12.2. The van der Waals surface area contributed by atoms with Gasteiger partial charge in [-0.1, -0.05) is 19.3 Å². The number of sulfone groups is 1. The molecule has 0 bridgehead atoms. The minimum absolute atomic E-state index is 0.129. The molecular formula is C11H23NO3S. The van der Waals surface area contributed by atoms with Gasteiger partial charge >= 0.3 is 0 Å². The maximum atomic E-state index is 11.1. The van der Waals surface area contributed by atoms with Crippen LogP contribution >= 0.6 is 0 Å². The van der Waals surface area contributed by atoms with Crippen LogP contribution in [-0.4, -0.2) is 56.2 Å². The summed E-state index contributed by atoms with van der Waals surface area (Å²) in [6.45, 7) is 0.514. The Hall–Kier alpha value is -0.130. The lowest BCUT2D eigenvalue weighted by atomic mass is 10.1. The first kappa shape index (κ1) is 13.9. The monoisotopic (exact) mass is 249 g/mol. The molecule has 0 aliphatic heterocycles. The summed E-state index contributed by atoms with van der Waals surface area (Å²) >= 11 is 0. The van der Waals surface area contributed by atoms with Crippen LogP contribution in [0.15, 0.2) is 0 Å². The third-order valence-corrected chi connectivity index (χ3v) is 4.25. The summed E-state index contributed by atoms with van der Waals surface area (Å²) in [7, 11) is -1.00. The zero-order valence-electron chi connectivity index (χ0n) is 10.2. The normalized spacial score (nSPS) is 28.0. The van der Waals surface area contributed by atoms with Gasteiger partial charge in [0.25, 0.3) is 0 Å². The highest BCUT2D eigenvalue weighted by Gasteiger charge is 2.25. The Morgan fingerprint density at radius 3 is 2.50 bits per heavy atom. The average molecular weight is 249 g/mol. The molecule has 0 radical (unpaired) electrons. The van der Waals surface area contributed by atoms with E-state index in [1.54, 1.807) is 0 Å². The molecule has 1 saturated carbocycles. The Labute approximate surface area is 98.6 Å². The summed E-state index contributed by atoms with van der Waals surface area (Å²) in [5.74, 6) is 0.173. The van der Waals surface area contributed by atoms with Gasteiger partial charge in [0.05, 0.1) is 11.9 Å². The molecule has 4 nitrogen and oxygen atoms in total.